The summed E-state index contributed by atoms with van der Waals surface area (Å²) >= 11 is 1.17. The van der Waals surface area contributed by atoms with Crippen molar-refractivity contribution in [3.63, 3.8) is 0 Å². The lowest BCUT2D eigenvalue weighted by Crippen LogP contribution is -2.34. The van der Waals surface area contributed by atoms with E-state index >= 15 is 0 Å². The van der Waals surface area contributed by atoms with Gasteiger partial charge < -0.3 is 0 Å². The summed E-state index contributed by atoms with van der Waals surface area (Å²) in [4.78, 5) is 25.9. The molecule has 2 aliphatic carbocycles. The molecule has 2 unspecified atom stereocenters. The van der Waals surface area contributed by atoms with Gasteiger partial charge in [0.15, 0.2) is 5.69 Å². The van der Waals surface area contributed by atoms with E-state index in [9.17, 15) is 9.59 Å². The van der Waals surface area contributed by atoms with Crippen LogP contribution in [0.25, 0.3) is 11.4 Å². The fourth-order valence-electron chi connectivity index (χ4n) is 5.60. The van der Waals surface area contributed by atoms with E-state index in [1.165, 1.54) is 22.9 Å². The lowest BCUT2D eigenvalue weighted by Gasteiger charge is -2.34. The van der Waals surface area contributed by atoms with E-state index in [0.29, 0.717) is 22.5 Å². The van der Waals surface area contributed by atoms with E-state index < -0.39 is 0 Å². The van der Waals surface area contributed by atoms with Crippen LogP contribution in [0.15, 0.2) is 45.4 Å². The molecule has 0 radical (unpaired) electrons. The number of para-hydroxylation sites is 1. The number of hydrazone groups is 1. The van der Waals surface area contributed by atoms with Gasteiger partial charge in [0.1, 0.15) is 0 Å². The highest BCUT2D eigenvalue weighted by molar-refractivity contribution is 7.99. The second-order valence-electron chi connectivity index (χ2n) is 10.2. The quantitative estimate of drug-likeness (QED) is 0.417. The topological polar surface area (TPSA) is 112 Å². The number of carbonyl (C=O) groups excluding carboxylic acids is 1. The fourth-order valence-corrected chi connectivity index (χ4v) is 6.27. The largest absolute Gasteiger partial charge is 0.297 e. The van der Waals surface area contributed by atoms with Gasteiger partial charge in [-0.25, -0.2) is 10.1 Å². The maximum Gasteiger partial charge on any atom is 0.297 e. The van der Waals surface area contributed by atoms with Gasteiger partial charge in [-0.05, 0) is 60.1 Å². The molecule has 11 heteroatoms. The number of carbonyl (C=O) groups is 1. The van der Waals surface area contributed by atoms with Crippen LogP contribution >= 0.6 is 11.8 Å². The Morgan fingerprint density at radius 3 is 2.66 bits per heavy atom. The number of nitrogens with one attached hydrogen (secondary N) is 1. The third kappa shape index (κ3) is 3.64. The number of aromatic nitrogens is 6. The number of benzene rings is 1. The van der Waals surface area contributed by atoms with E-state index in [1.807, 2.05) is 44.3 Å². The maximum absolute atomic E-state index is 13.3. The van der Waals surface area contributed by atoms with Crippen molar-refractivity contribution in [3.8, 4) is 11.4 Å². The first-order valence-corrected chi connectivity index (χ1v) is 12.7. The van der Waals surface area contributed by atoms with Crippen molar-refractivity contribution < 1.29 is 4.79 Å². The molecule has 2 fully saturated rings. The van der Waals surface area contributed by atoms with E-state index in [-0.39, 0.29) is 28.0 Å². The van der Waals surface area contributed by atoms with Crippen molar-refractivity contribution in [2.45, 2.75) is 52.1 Å². The van der Waals surface area contributed by atoms with Gasteiger partial charge in [-0.15, -0.1) is 5.10 Å². The molecule has 5 rings (SSSR count). The monoisotopic (exact) mass is 494 g/mol. The molecule has 2 aromatic heterocycles. The van der Waals surface area contributed by atoms with Crippen molar-refractivity contribution in [1.29, 1.82) is 0 Å². The molecule has 0 spiro atoms. The number of amides is 1. The average Bonchev–Trinajstić information content (AvgIpc) is 3.49. The third-order valence-corrected chi connectivity index (χ3v) is 9.26. The molecular formula is C24H30N8O2S. The van der Waals surface area contributed by atoms with Gasteiger partial charge in [0.2, 0.25) is 5.16 Å². The van der Waals surface area contributed by atoms with Gasteiger partial charge in [-0.2, -0.15) is 9.78 Å². The van der Waals surface area contributed by atoms with Crippen molar-refractivity contribution >= 4 is 23.4 Å². The van der Waals surface area contributed by atoms with Crippen LogP contribution in [0.2, 0.25) is 0 Å². The standard InChI is InChI=1S/C24H30N8O2S/c1-15-20(21(34)32(30(15)5)17-9-7-6-8-10-17)31-22(27-28-29-31)35-14-19(33)26-25-18-13-16-11-12-24(18,4)23(16,2)3/h6-10,16H,11-14H2,1-5H3,(H,26,33)/b25-18+. The zero-order valence-corrected chi connectivity index (χ0v) is 21.5. The summed E-state index contributed by atoms with van der Waals surface area (Å²) in [5, 5.41) is 16.7. The second-order valence-corrected chi connectivity index (χ2v) is 11.1. The summed E-state index contributed by atoms with van der Waals surface area (Å²) in [7, 11) is 1.81. The van der Waals surface area contributed by atoms with Crippen molar-refractivity contribution in [2.75, 3.05) is 5.75 Å². The van der Waals surface area contributed by atoms with Crippen LogP contribution in [0, 0.1) is 23.7 Å². The molecule has 1 N–H and O–H groups in total. The van der Waals surface area contributed by atoms with Gasteiger partial charge in [0.05, 0.1) is 17.1 Å². The normalized spacial score (nSPS) is 23.8. The van der Waals surface area contributed by atoms with Crippen molar-refractivity contribution in [2.24, 2.45) is 28.9 Å². The highest BCUT2D eigenvalue weighted by Gasteiger charge is 2.60. The van der Waals surface area contributed by atoms with Gasteiger partial charge in [0.25, 0.3) is 11.5 Å². The number of rotatable bonds is 6. The summed E-state index contributed by atoms with van der Waals surface area (Å²) in [6.45, 7) is 8.72. The molecule has 35 heavy (non-hydrogen) atoms. The van der Waals surface area contributed by atoms with Crippen LogP contribution in [-0.2, 0) is 11.8 Å². The van der Waals surface area contributed by atoms with Gasteiger partial charge in [-0.3, -0.25) is 14.3 Å². The molecule has 2 aliphatic rings. The van der Waals surface area contributed by atoms with Crippen LogP contribution in [0.3, 0.4) is 0 Å². The molecule has 3 aromatic rings. The van der Waals surface area contributed by atoms with Crippen LogP contribution < -0.4 is 11.0 Å². The molecule has 2 bridgehead atoms. The summed E-state index contributed by atoms with van der Waals surface area (Å²) < 4.78 is 4.74. The Bertz CT molecular complexity index is 1370. The van der Waals surface area contributed by atoms with Crippen LogP contribution in [0.5, 0.6) is 0 Å². The van der Waals surface area contributed by atoms with E-state index in [1.54, 1.807) is 9.36 Å². The number of thioether (sulfide) groups is 1. The minimum Gasteiger partial charge on any atom is -0.283 e. The Balaban J connectivity index is 1.32. The van der Waals surface area contributed by atoms with Gasteiger partial charge in [-0.1, -0.05) is 50.7 Å². The molecule has 1 aromatic carbocycles. The fraction of sp³-hybridized carbons (Fsp3) is 0.500. The first-order chi connectivity index (χ1) is 16.6. The predicted octanol–water partition coefficient (Wildman–Crippen LogP) is 2.87. The summed E-state index contributed by atoms with van der Waals surface area (Å²) in [5.74, 6) is 0.475. The molecular weight excluding hydrogens is 464 g/mol. The number of fused-ring (bicyclic) bond motifs is 2. The second kappa shape index (κ2) is 8.47. The molecule has 2 atom stereocenters. The first-order valence-electron chi connectivity index (χ1n) is 11.8. The Morgan fingerprint density at radius 2 is 2.00 bits per heavy atom. The number of nitrogens with zero attached hydrogens (tertiary/aromatic N) is 7. The van der Waals surface area contributed by atoms with E-state index in [2.05, 4.69) is 46.8 Å². The summed E-state index contributed by atoms with van der Waals surface area (Å²) in [6, 6.07) is 9.38. The Labute approximate surface area is 207 Å². The van der Waals surface area contributed by atoms with Gasteiger partial charge >= 0.3 is 0 Å². The van der Waals surface area contributed by atoms with E-state index in [4.69, 9.17) is 0 Å². The number of hydrogen-bond acceptors (Lipinski definition) is 7. The summed E-state index contributed by atoms with van der Waals surface area (Å²) in [5.41, 5.74) is 5.61. The number of tetrazole rings is 1. The summed E-state index contributed by atoms with van der Waals surface area (Å²) in [6.07, 6.45) is 3.27. The van der Waals surface area contributed by atoms with Crippen LogP contribution in [0.4, 0.5) is 0 Å². The Hall–Kier alpha value is -3.21. The minimum atomic E-state index is -0.242. The zero-order valence-electron chi connectivity index (χ0n) is 20.6. The Morgan fingerprint density at radius 1 is 1.26 bits per heavy atom. The van der Waals surface area contributed by atoms with Crippen LogP contribution in [0.1, 0.15) is 45.7 Å². The Kier molecular flexibility index (Phi) is 5.70. The molecule has 2 saturated carbocycles. The van der Waals surface area contributed by atoms with Crippen LogP contribution in [-0.4, -0.2) is 46.9 Å². The maximum atomic E-state index is 13.3. The molecule has 10 nitrogen and oxygen atoms in total. The smallest absolute Gasteiger partial charge is 0.283 e. The lowest BCUT2D eigenvalue weighted by molar-refractivity contribution is -0.118. The zero-order chi connectivity index (χ0) is 25.0. The highest BCUT2D eigenvalue weighted by atomic mass is 32.2. The predicted molar refractivity (Wildman–Crippen MR) is 134 cm³/mol. The highest BCUT2D eigenvalue weighted by Crippen LogP contribution is 2.63. The SMILES string of the molecule is Cc1c(-n2nnnc2SCC(=O)N/N=C2\CC3CCC2(C)C3(C)C)c(=O)n(-c2ccccc2)n1C. The first kappa shape index (κ1) is 23.5. The number of hydrogen-bond donors (Lipinski definition) is 1. The van der Waals surface area contributed by atoms with Crippen molar-refractivity contribution in [1.82, 2.24) is 35.0 Å². The lowest BCUT2D eigenvalue weighted by atomic mass is 9.70. The molecule has 1 amide bonds. The third-order valence-electron chi connectivity index (χ3n) is 8.34. The molecule has 2 heterocycles. The minimum absolute atomic E-state index is 0.0334. The van der Waals surface area contributed by atoms with Crippen molar-refractivity contribution in [3.05, 3.63) is 46.4 Å². The molecule has 184 valence electrons. The molecule has 0 saturated heterocycles. The van der Waals surface area contributed by atoms with E-state index in [0.717, 1.165) is 24.2 Å². The van der Waals surface area contributed by atoms with Gasteiger partial charge in [0, 0.05) is 18.2 Å². The molecule has 0 aliphatic heterocycles. The average molecular weight is 495 g/mol.